The normalized spacial score (nSPS) is 36.4. The van der Waals surface area contributed by atoms with Crippen LogP contribution >= 0.6 is 0 Å². The first-order chi connectivity index (χ1) is 7.41. The van der Waals surface area contributed by atoms with Crippen LogP contribution in [0.3, 0.4) is 0 Å². The van der Waals surface area contributed by atoms with Crippen molar-refractivity contribution in [1.82, 2.24) is 4.90 Å². The van der Waals surface area contributed by atoms with Gasteiger partial charge in [0.25, 0.3) is 0 Å². The zero-order valence-corrected chi connectivity index (χ0v) is 9.41. The second kappa shape index (κ2) is 4.04. The lowest BCUT2D eigenvalue weighted by atomic mass is 9.88. The molecule has 1 aliphatic carbocycles. The van der Waals surface area contributed by atoms with Gasteiger partial charge in [0.1, 0.15) is 0 Å². The molecule has 86 valence electrons. The van der Waals surface area contributed by atoms with E-state index in [1.807, 2.05) is 0 Å². The lowest BCUT2D eigenvalue weighted by molar-refractivity contribution is -0.216. The zero-order valence-electron chi connectivity index (χ0n) is 9.41. The molecule has 2 saturated heterocycles. The maximum Gasteiger partial charge on any atom is 0.184 e. The average molecular weight is 211 g/mol. The third kappa shape index (κ3) is 1.71. The van der Waals surface area contributed by atoms with E-state index in [1.165, 1.54) is 45.2 Å². The smallest absolute Gasteiger partial charge is 0.184 e. The van der Waals surface area contributed by atoms with E-state index in [2.05, 4.69) is 4.90 Å². The summed E-state index contributed by atoms with van der Waals surface area (Å²) < 4.78 is 11.9. The summed E-state index contributed by atoms with van der Waals surface area (Å²) in [4.78, 5) is 2.60. The van der Waals surface area contributed by atoms with Crippen LogP contribution < -0.4 is 0 Å². The van der Waals surface area contributed by atoms with E-state index in [1.54, 1.807) is 0 Å². The van der Waals surface area contributed by atoms with Crippen molar-refractivity contribution in [3.8, 4) is 0 Å². The van der Waals surface area contributed by atoms with Crippen LogP contribution in [0.2, 0.25) is 0 Å². The monoisotopic (exact) mass is 211 g/mol. The van der Waals surface area contributed by atoms with Crippen LogP contribution in [0.1, 0.15) is 38.5 Å². The Hall–Kier alpha value is -0.120. The van der Waals surface area contributed by atoms with Crippen LogP contribution in [0.4, 0.5) is 0 Å². The molecular weight excluding hydrogens is 190 g/mol. The van der Waals surface area contributed by atoms with E-state index in [-0.39, 0.29) is 5.79 Å². The van der Waals surface area contributed by atoms with Gasteiger partial charge in [-0.1, -0.05) is 6.42 Å². The third-order valence-electron chi connectivity index (χ3n) is 4.12. The van der Waals surface area contributed by atoms with E-state index in [9.17, 15) is 0 Å². The van der Waals surface area contributed by atoms with Gasteiger partial charge in [-0.3, -0.25) is 4.90 Å². The highest BCUT2D eigenvalue weighted by Crippen LogP contribution is 2.39. The minimum Gasteiger partial charge on any atom is -0.346 e. The molecule has 3 fully saturated rings. The summed E-state index contributed by atoms with van der Waals surface area (Å²) >= 11 is 0. The highest BCUT2D eigenvalue weighted by Gasteiger charge is 2.48. The van der Waals surface area contributed by atoms with Gasteiger partial charge in [-0.15, -0.1) is 0 Å². The molecule has 2 aliphatic heterocycles. The van der Waals surface area contributed by atoms with Gasteiger partial charge in [-0.2, -0.15) is 0 Å². The van der Waals surface area contributed by atoms with Gasteiger partial charge in [0.15, 0.2) is 5.79 Å². The summed E-state index contributed by atoms with van der Waals surface area (Å²) in [5, 5.41) is 0. The molecule has 3 aliphatic rings. The SMILES string of the molecule is C1CCC2(OCCO2)C(N2CCCC2)C1. The Morgan fingerprint density at radius 3 is 2.40 bits per heavy atom. The van der Waals surface area contributed by atoms with Crippen LogP contribution in [0.5, 0.6) is 0 Å². The van der Waals surface area contributed by atoms with Crippen molar-refractivity contribution in [2.24, 2.45) is 0 Å². The summed E-state index contributed by atoms with van der Waals surface area (Å²) in [6, 6.07) is 0.538. The highest BCUT2D eigenvalue weighted by molar-refractivity contribution is 4.94. The predicted molar refractivity (Wildman–Crippen MR) is 57.7 cm³/mol. The Balaban J connectivity index is 1.77. The molecule has 0 radical (unpaired) electrons. The van der Waals surface area contributed by atoms with Crippen molar-refractivity contribution in [3.05, 3.63) is 0 Å². The fourth-order valence-corrected chi connectivity index (χ4v) is 3.42. The molecule has 3 heteroatoms. The van der Waals surface area contributed by atoms with Crippen LogP contribution in [-0.2, 0) is 9.47 Å². The predicted octanol–water partition coefficient (Wildman–Crippen LogP) is 1.77. The second-order valence-electron chi connectivity index (χ2n) is 5.01. The molecule has 1 saturated carbocycles. The lowest BCUT2D eigenvalue weighted by Crippen LogP contribution is -2.54. The first-order valence-electron chi connectivity index (χ1n) is 6.43. The van der Waals surface area contributed by atoms with Crippen LogP contribution in [0.25, 0.3) is 0 Å². The summed E-state index contributed by atoms with van der Waals surface area (Å²) in [7, 11) is 0. The molecule has 0 bridgehead atoms. The van der Waals surface area contributed by atoms with Crippen LogP contribution in [0.15, 0.2) is 0 Å². The average Bonchev–Trinajstić information content (AvgIpc) is 2.90. The summed E-state index contributed by atoms with van der Waals surface area (Å²) in [5.41, 5.74) is 0. The Bertz CT molecular complexity index is 220. The third-order valence-corrected chi connectivity index (χ3v) is 4.12. The van der Waals surface area contributed by atoms with E-state index in [4.69, 9.17) is 9.47 Å². The molecule has 0 aromatic heterocycles. The molecular formula is C12H21NO2. The molecule has 0 aromatic carbocycles. The summed E-state index contributed by atoms with van der Waals surface area (Å²) in [6.07, 6.45) is 7.69. The minimum atomic E-state index is -0.220. The highest BCUT2D eigenvalue weighted by atomic mass is 16.7. The van der Waals surface area contributed by atoms with E-state index < -0.39 is 0 Å². The Labute approximate surface area is 91.7 Å². The standard InChI is InChI=1S/C12H21NO2/c1-2-6-12(14-9-10-15-12)11(5-1)13-7-3-4-8-13/h11H,1-10H2. The van der Waals surface area contributed by atoms with Gasteiger partial charge in [-0.25, -0.2) is 0 Å². The number of hydrogen-bond donors (Lipinski definition) is 0. The lowest BCUT2D eigenvalue weighted by Gasteiger charge is -2.43. The van der Waals surface area contributed by atoms with Gasteiger partial charge in [0.2, 0.25) is 0 Å². The van der Waals surface area contributed by atoms with Crippen molar-refractivity contribution in [1.29, 1.82) is 0 Å². The van der Waals surface area contributed by atoms with Crippen LogP contribution in [-0.4, -0.2) is 43.0 Å². The molecule has 2 heterocycles. The number of nitrogens with zero attached hydrogens (tertiary/aromatic N) is 1. The van der Waals surface area contributed by atoms with Crippen molar-refractivity contribution >= 4 is 0 Å². The first-order valence-corrected chi connectivity index (χ1v) is 6.43. The molecule has 0 N–H and O–H groups in total. The number of rotatable bonds is 1. The van der Waals surface area contributed by atoms with Gasteiger partial charge in [0.05, 0.1) is 19.3 Å². The largest absolute Gasteiger partial charge is 0.346 e. The van der Waals surface area contributed by atoms with Crippen molar-refractivity contribution in [2.45, 2.75) is 50.4 Å². The molecule has 3 rings (SSSR count). The number of ether oxygens (including phenoxy) is 2. The Morgan fingerprint density at radius 2 is 1.67 bits per heavy atom. The fraction of sp³-hybridized carbons (Fsp3) is 1.00. The first kappa shape index (κ1) is 10.1. The molecule has 1 atom stereocenters. The molecule has 3 nitrogen and oxygen atoms in total. The molecule has 0 amide bonds. The topological polar surface area (TPSA) is 21.7 Å². The fourth-order valence-electron chi connectivity index (χ4n) is 3.42. The maximum absolute atomic E-state index is 5.94. The van der Waals surface area contributed by atoms with Gasteiger partial charge in [0, 0.05) is 6.42 Å². The van der Waals surface area contributed by atoms with Gasteiger partial charge >= 0.3 is 0 Å². The van der Waals surface area contributed by atoms with E-state index >= 15 is 0 Å². The second-order valence-corrected chi connectivity index (χ2v) is 5.01. The van der Waals surface area contributed by atoms with Gasteiger partial charge < -0.3 is 9.47 Å². The summed E-state index contributed by atoms with van der Waals surface area (Å²) in [6.45, 7) is 4.09. The maximum atomic E-state index is 5.94. The summed E-state index contributed by atoms with van der Waals surface area (Å²) in [5.74, 6) is -0.220. The quantitative estimate of drug-likeness (QED) is 0.660. The minimum absolute atomic E-state index is 0.220. The van der Waals surface area contributed by atoms with Crippen molar-refractivity contribution in [2.75, 3.05) is 26.3 Å². The Kier molecular flexibility index (Phi) is 2.71. The van der Waals surface area contributed by atoms with E-state index in [0.29, 0.717) is 6.04 Å². The van der Waals surface area contributed by atoms with E-state index in [0.717, 1.165) is 19.6 Å². The number of likely N-dealkylation sites (tertiary alicyclic amines) is 1. The number of hydrogen-bond acceptors (Lipinski definition) is 3. The molecule has 1 unspecified atom stereocenters. The van der Waals surface area contributed by atoms with Gasteiger partial charge in [-0.05, 0) is 38.8 Å². The van der Waals surface area contributed by atoms with Crippen molar-refractivity contribution < 1.29 is 9.47 Å². The van der Waals surface area contributed by atoms with Crippen molar-refractivity contribution in [3.63, 3.8) is 0 Å². The zero-order chi connectivity index (χ0) is 10.1. The van der Waals surface area contributed by atoms with Crippen LogP contribution in [0, 0.1) is 0 Å². The molecule has 1 spiro atoms. The molecule has 0 aromatic rings. The Morgan fingerprint density at radius 1 is 0.933 bits per heavy atom. The molecule has 15 heavy (non-hydrogen) atoms.